The number of rotatable bonds is 7. The molecule has 0 unspecified atom stereocenters. The number of aromatic nitrogens is 1. The van der Waals surface area contributed by atoms with Crippen molar-refractivity contribution < 1.29 is 19.4 Å². The van der Waals surface area contributed by atoms with E-state index in [4.69, 9.17) is 4.74 Å². The molecule has 1 fully saturated rings. The molecule has 2 aromatic heterocycles. The summed E-state index contributed by atoms with van der Waals surface area (Å²) >= 11 is 1.60. The van der Waals surface area contributed by atoms with Crippen LogP contribution in [0.1, 0.15) is 34.5 Å². The zero-order valence-corrected chi connectivity index (χ0v) is 19.3. The van der Waals surface area contributed by atoms with Crippen LogP contribution >= 0.6 is 11.3 Å². The fourth-order valence-electron chi connectivity index (χ4n) is 4.37. The van der Waals surface area contributed by atoms with Gasteiger partial charge in [-0.1, -0.05) is 17.9 Å². The number of pyridine rings is 1. The number of nitrogens with zero attached hydrogens (tertiary/aromatic N) is 2. The Balaban J connectivity index is 1.39. The fourth-order valence-corrected chi connectivity index (χ4v) is 4.96. The summed E-state index contributed by atoms with van der Waals surface area (Å²) in [7, 11) is 1.59. The van der Waals surface area contributed by atoms with E-state index in [9.17, 15) is 14.7 Å². The first-order valence-electron chi connectivity index (χ1n) is 11.0. The summed E-state index contributed by atoms with van der Waals surface area (Å²) in [5, 5.41) is 12.6. The van der Waals surface area contributed by atoms with Gasteiger partial charge in [-0.2, -0.15) is 0 Å². The third kappa shape index (κ3) is 5.59. The molecule has 0 saturated carbocycles. The number of carbonyl (C=O) groups is 2. The van der Waals surface area contributed by atoms with Gasteiger partial charge in [0.2, 0.25) is 0 Å². The van der Waals surface area contributed by atoms with E-state index < -0.39 is 11.9 Å². The Hall–Kier alpha value is -3.21. The van der Waals surface area contributed by atoms with Crippen molar-refractivity contribution in [3.63, 3.8) is 0 Å². The minimum Gasteiger partial charge on any atom is -0.497 e. The molecule has 1 aromatic carbocycles. The van der Waals surface area contributed by atoms with Crippen molar-refractivity contribution in [2.45, 2.75) is 19.3 Å². The number of fused-ring (bicyclic) bond motifs is 1. The molecule has 3 heterocycles. The average Bonchev–Trinajstić information content (AvgIpc) is 3.35. The number of ketones is 1. The summed E-state index contributed by atoms with van der Waals surface area (Å²) < 4.78 is 5.29. The molecule has 2 atom stereocenters. The van der Waals surface area contributed by atoms with Crippen molar-refractivity contribution in [2.75, 3.05) is 26.7 Å². The topological polar surface area (TPSA) is 79.7 Å². The number of hydrogen-bond donors (Lipinski definition) is 1. The van der Waals surface area contributed by atoms with Gasteiger partial charge in [0.15, 0.2) is 5.78 Å². The first kappa shape index (κ1) is 23.0. The maximum Gasteiger partial charge on any atom is 0.308 e. The molecule has 0 amide bonds. The highest BCUT2D eigenvalue weighted by molar-refractivity contribution is 7.10. The smallest absolute Gasteiger partial charge is 0.308 e. The number of hydrogen-bond acceptors (Lipinski definition) is 6. The van der Waals surface area contributed by atoms with Gasteiger partial charge in [0, 0.05) is 30.1 Å². The number of piperidine rings is 1. The molecule has 0 aliphatic carbocycles. The molecule has 7 heteroatoms. The van der Waals surface area contributed by atoms with Crippen LogP contribution in [-0.2, 0) is 4.79 Å². The van der Waals surface area contributed by atoms with Crippen molar-refractivity contribution in [1.29, 1.82) is 0 Å². The van der Waals surface area contributed by atoms with Gasteiger partial charge in [0.1, 0.15) is 5.75 Å². The third-order valence-corrected chi connectivity index (χ3v) is 6.97. The molecule has 1 aliphatic heterocycles. The van der Waals surface area contributed by atoms with Crippen molar-refractivity contribution in [3.05, 3.63) is 58.4 Å². The number of carboxylic acid groups (broad SMARTS) is 1. The number of aliphatic carboxylic acids is 1. The fraction of sp³-hybridized carbons (Fsp3) is 0.346. The van der Waals surface area contributed by atoms with E-state index >= 15 is 0 Å². The maximum absolute atomic E-state index is 13.1. The van der Waals surface area contributed by atoms with Crippen LogP contribution in [0, 0.1) is 23.7 Å². The van der Waals surface area contributed by atoms with Gasteiger partial charge in [0.25, 0.3) is 0 Å². The maximum atomic E-state index is 13.1. The summed E-state index contributed by atoms with van der Waals surface area (Å²) in [6.07, 6.45) is 3.24. The van der Waals surface area contributed by atoms with Crippen molar-refractivity contribution in [3.8, 4) is 17.6 Å². The monoisotopic (exact) mass is 462 g/mol. The molecule has 1 aliphatic rings. The van der Waals surface area contributed by atoms with Crippen LogP contribution in [0.5, 0.6) is 5.75 Å². The molecular weight excluding hydrogens is 436 g/mol. The SMILES string of the molecule is COc1ccc2nccc(C(=O)CC[C@@H]3CCN(CC#Cc4cccs4)C[C@@H]3C(=O)O)c2c1. The second-order valence-corrected chi connectivity index (χ2v) is 9.16. The van der Waals surface area contributed by atoms with E-state index in [1.54, 1.807) is 30.7 Å². The largest absolute Gasteiger partial charge is 0.497 e. The number of carboxylic acids is 1. The first-order chi connectivity index (χ1) is 16.0. The van der Waals surface area contributed by atoms with Crippen LogP contribution in [0.15, 0.2) is 48.0 Å². The lowest BCUT2D eigenvalue weighted by molar-refractivity contribution is -0.146. The number of Topliss-reactive ketones (excluding diaryl/α,β-unsaturated/α-hetero) is 1. The van der Waals surface area contributed by atoms with Crippen molar-refractivity contribution in [1.82, 2.24) is 9.88 Å². The van der Waals surface area contributed by atoms with Crippen LogP contribution in [-0.4, -0.2) is 53.5 Å². The van der Waals surface area contributed by atoms with Gasteiger partial charge in [-0.3, -0.25) is 19.5 Å². The molecule has 0 radical (unpaired) electrons. The van der Waals surface area contributed by atoms with Crippen LogP contribution in [0.4, 0.5) is 0 Å². The van der Waals surface area contributed by atoms with Crippen LogP contribution in [0.25, 0.3) is 10.9 Å². The van der Waals surface area contributed by atoms with Gasteiger partial charge in [0.05, 0.1) is 30.0 Å². The number of ether oxygens (including phenoxy) is 1. The van der Waals surface area contributed by atoms with Crippen LogP contribution < -0.4 is 4.74 Å². The Kier molecular flexibility index (Phi) is 7.38. The molecule has 1 saturated heterocycles. The van der Waals surface area contributed by atoms with Crippen LogP contribution in [0.2, 0.25) is 0 Å². The predicted octanol–water partition coefficient (Wildman–Crippen LogP) is 4.34. The van der Waals surface area contributed by atoms with Gasteiger partial charge < -0.3 is 9.84 Å². The average molecular weight is 463 g/mol. The first-order valence-corrected chi connectivity index (χ1v) is 11.9. The number of likely N-dealkylation sites (tertiary alicyclic amines) is 1. The summed E-state index contributed by atoms with van der Waals surface area (Å²) in [6, 6.07) is 11.2. The lowest BCUT2D eigenvalue weighted by atomic mass is 9.81. The zero-order valence-electron chi connectivity index (χ0n) is 18.5. The highest BCUT2D eigenvalue weighted by Crippen LogP contribution is 2.30. The van der Waals surface area contributed by atoms with E-state index in [1.807, 2.05) is 35.7 Å². The zero-order chi connectivity index (χ0) is 23.2. The lowest BCUT2D eigenvalue weighted by Gasteiger charge is -2.35. The number of benzene rings is 1. The highest BCUT2D eigenvalue weighted by atomic mass is 32.1. The Labute approximate surface area is 197 Å². The Morgan fingerprint density at radius 1 is 1.30 bits per heavy atom. The highest BCUT2D eigenvalue weighted by Gasteiger charge is 2.34. The summed E-state index contributed by atoms with van der Waals surface area (Å²) in [5.41, 5.74) is 1.34. The van der Waals surface area contributed by atoms with Crippen LogP contribution in [0.3, 0.4) is 0 Å². The summed E-state index contributed by atoms with van der Waals surface area (Å²) in [5.74, 6) is 5.63. The lowest BCUT2D eigenvalue weighted by Crippen LogP contribution is -2.44. The molecule has 0 spiro atoms. The molecule has 6 nitrogen and oxygen atoms in total. The second kappa shape index (κ2) is 10.6. The Morgan fingerprint density at radius 2 is 2.18 bits per heavy atom. The molecule has 170 valence electrons. The molecule has 4 rings (SSSR count). The second-order valence-electron chi connectivity index (χ2n) is 8.21. The van der Waals surface area contributed by atoms with Gasteiger partial charge in [-0.25, -0.2) is 0 Å². The molecule has 1 N–H and O–H groups in total. The van der Waals surface area contributed by atoms with E-state index in [0.29, 0.717) is 37.2 Å². The minimum absolute atomic E-state index is 0.00374. The summed E-state index contributed by atoms with van der Waals surface area (Å²) in [4.78, 5) is 32.5. The third-order valence-electron chi connectivity index (χ3n) is 6.18. The Morgan fingerprint density at radius 3 is 2.94 bits per heavy atom. The van der Waals surface area contributed by atoms with E-state index in [1.165, 1.54) is 0 Å². The van der Waals surface area contributed by atoms with Gasteiger partial charge >= 0.3 is 5.97 Å². The number of thiophene rings is 1. The van der Waals surface area contributed by atoms with E-state index in [0.717, 1.165) is 28.7 Å². The standard InChI is InChI=1S/C26H26N2O4S/c1-32-19-7-8-24-22(16-19)21(10-12-27-24)25(29)9-6-18-11-14-28(17-23(18)26(30)31)13-2-4-20-5-3-15-33-20/h3,5,7-8,10,12,15-16,18,23H,6,9,11,13-14,17H2,1H3,(H,30,31)/t18-,23+/m1/s1. The summed E-state index contributed by atoms with van der Waals surface area (Å²) in [6.45, 7) is 1.80. The number of methoxy groups -OCH3 is 1. The van der Waals surface area contributed by atoms with E-state index in [-0.39, 0.29) is 11.7 Å². The molecule has 3 aromatic rings. The van der Waals surface area contributed by atoms with Crippen molar-refractivity contribution >= 4 is 34.0 Å². The van der Waals surface area contributed by atoms with Crippen molar-refractivity contribution in [2.24, 2.45) is 11.8 Å². The van der Waals surface area contributed by atoms with E-state index in [2.05, 4.69) is 21.7 Å². The molecular formula is C26H26N2O4S. The van der Waals surface area contributed by atoms with Gasteiger partial charge in [-0.05, 0) is 61.0 Å². The normalized spacial score (nSPS) is 18.5. The Bertz CT molecular complexity index is 1200. The minimum atomic E-state index is -0.803. The predicted molar refractivity (Wildman–Crippen MR) is 129 cm³/mol. The number of carbonyl (C=O) groups excluding carboxylic acids is 1. The molecule has 33 heavy (non-hydrogen) atoms. The molecule has 0 bridgehead atoms. The van der Waals surface area contributed by atoms with Gasteiger partial charge in [-0.15, -0.1) is 11.3 Å². The quantitative estimate of drug-likeness (QED) is 0.416.